The van der Waals surface area contributed by atoms with E-state index in [0.717, 1.165) is 16.5 Å². The number of carbonyl (C=O) groups is 1. The van der Waals surface area contributed by atoms with Crippen molar-refractivity contribution in [2.45, 2.75) is 22.9 Å². The van der Waals surface area contributed by atoms with E-state index in [4.69, 9.17) is 0 Å². The Balaban J connectivity index is 2.40. The summed E-state index contributed by atoms with van der Waals surface area (Å²) < 4.78 is 38.6. The van der Waals surface area contributed by atoms with Gasteiger partial charge in [-0.15, -0.1) is 0 Å². The summed E-state index contributed by atoms with van der Waals surface area (Å²) in [5.74, 6) is 0. The predicted octanol–water partition coefficient (Wildman–Crippen LogP) is 4.98. The molecule has 5 heteroatoms. The molecule has 0 saturated heterocycles. The van der Waals surface area contributed by atoms with E-state index in [1.807, 2.05) is 31.2 Å². The Bertz CT molecular complexity index is 635. The van der Waals surface area contributed by atoms with Crippen LogP contribution in [0.4, 0.5) is 13.2 Å². The molecule has 20 heavy (non-hydrogen) atoms. The Morgan fingerprint density at radius 1 is 1.10 bits per heavy atom. The summed E-state index contributed by atoms with van der Waals surface area (Å²) in [5.41, 5.74) is -0.247. The summed E-state index contributed by atoms with van der Waals surface area (Å²) in [5, 5.41) is 0. The van der Waals surface area contributed by atoms with Crippen LogP contribution in [0.2, 0.25) is 0 Å². The van der Waals surface area contributed by atoms with Gasteiger partial charge >= 0.3 is 6.18 Å². The number of carbonyl (C=O) groups excluding carboxylic acids is 1. The summed E-state index contributed by atoms with van der Waals surface area (Å²) in [6.45, 7) is 1.90. The van der Waals surface area contributed by atoms with Crippen LogP contribution >= 0.6 is 11.8 Å². The van der Waals surface area contributed by atoms with Crippen LogP contribution in [0.15, 0.2) is 52.3 Å². The number of hydrogen-bond donors (Lipinski definition) is 0. The van der Waals surface area contributed by atoms with Crippen LogP contribution in [0.1, 0.15) is 21.5 Å². The van der Waals surface area contributed by atoms with E-state index in [0.29, 0.717) is 4.90 Å². The summed E-state index contributed by atoms with van der Waals surface area (Å²) in [7, 11) is 0. The number of benzene rings is 2. The highest BCUT2D eigenvalue weighted by molar-refractivity contribution is 7.99. The zero-order valence-electron chi connectivity index (χ0n) is 10.6. The molecule has 2 aromatic rings. The van der Waals surface area contributed by atoms with Gasteiger partial charge in [-0.3, -0.25) is 4.79 Å². The van der Waals surface area contributed by atoms with Crippen LogP contribution in [0.3, 0.4) is 0 Å². The Kier molecular flexibility index (Phi) is 4.18. The average Bonchev–Trinajstić information content (AvgIpc) is 2.40. The van der Waals surface area contributed by atoms with Crippen molar-refractivity contribution in [3.63, 3.8) is 0 Å². The van der Waals surface area contributed by atoms with E-state index in [-0.39, 0.29) is 11.8 Å². The number of rotatable bonds is 3. The number of halogens is 3. The zero-order valence-corrected chi connectivity index (χ0v) is 11.4. The van der Waals surface area contributed by atoms with Crippen LogP contribution in [-0.2, 0) is 6.18 Å². The summed E-state index contributed by atoms with van der Waals surface area (Å²) in [4.78, 5) is 12.0. The van der Waals surface area contributed by atoms with Gasteiger partial charge in [0, 0.05) is 15.4 Å². The standard InChI is InChI=1S/C15H11F3OS/c1-10-4-2-3-5-14(10)20-12-7-6-11(9-19)13(8-12)15(16,17)18/h2-9H,1H3. The Morgan fingerprint density at radius 2 is 1.80 bits per heavy atom. The van der Waals surface area contributed by atoms with E-state index >= 15 is 0 Å². The molecular formula is C15H11F3OS. The molecule has 0 bridgehead atoms. The minimum absolute atomic E-state index is 0.227. The van der Waals surface area contributed by atoms with Gasteiger partial charge in [0.1, 0.15) is 0 Å². The van der Waals surface area contributed by atoms with Crippen molar-refractivity contribution in [1.29, 1.82) is 0 Å². The first-order valence-electron chi connectivity index (χ1n) is 5.81. The number of aryl methyl sites for hydroxylation is 1. The Morgan fingerprint density at radius 3 is 2.40 bits per heavy atom. The van der Waals surface area contributed by atoms with E-state index < -0.39 is 11.7 Å². The minimum atomic E-state index is -4.53. The Hall–Kier alpha value is -1.75. The molecule has 104 valence electrons. The third kappa shape index (κ3) is 3.22. The van der Waals surface area contributed by atoms with Crippen molar-refractivity contribution in [2.24, 2.45) is 0 Å². The SMILES string of the molecule is Cc1ccccc1Sc1ccc(C=O)c(C(F)(F)F)c1. The minimum Gasteiger partial charge on any atom is -0.298 e. The smallest absolute Gasteiger partial charge is 0.298 e. The van der Waals surface area contributed by atoms with Crippen molar-refractivity contribution in [3.05, 3.63) is 59.2 Å². The molecule has 0 aliphatic rings. The first-order valence-corrected chi connectivity index (χ1v) is 6.63. The molecule has 1 nitrogen and oxygen atoms in total. The van der Waals surface area contributed by atoms with Crippen LogP contribution in [0.25, 0.3) is 0 Å². The molecule has 0 fully saturated rings. The summed E-state index contributed by atoms with van der Waals surface area (Å²) in [6, 6.07) is 11.2. The van der Waals surface area contributed by atoms with Gasteiger partial charge in [0.15, 0.2) is 6.29 Å². The fourth-order valence-electron chi connectivity index (χ4n) is 1.75. The highest BCUT2D eigenvalue weighted by Gasteiger charge is 2.33. The lowest BCUT2D eigenvalue weighted by Crippen LogP contribution is -2.08. The first-order chi connectivity index (χ1) is 9.41. The van der Waals surface area contributed by atoms with Crippen LogP contribution < -0.4 is 0 Å². The quantitative estimate of drug-likeness (QED) is 0.743. The molecule has 0 unspecified atom stereocenters. The van der Waals surface area contributed by atoms with Crippen LogP contribution in [-0.4, -0.2) is 6.29 Å². The lowest BCUT2D eigenvalue weighted by molar-refractivity contribution is -0.138. The fourth-order valence-corrected chi connectivity index (χ4v) is 2.69. The molecule has 2 aromatic carbocycles. The van der Waals surface area contributed by atoms with Gasteiger partial charge in [-0.05, 0) is 36.8 Å². The van der Waals surface area contributed by atoms with Gasteiger partial charge in [-0.1, -0.05) is 30.0 Å². The fraction of sp³-hybridized carbons (Fsp3) is 0.133. The molecule has 0 radical (unpaired) electrons. The molecule has 0 atom stereocenters. The molecule has 0 saturated carbocycles. The van der Waals surface area contributed by atoms with Gasteiger partial charge in [0.25, 0.3) is 0 Å². The van der Waals surface area contributed by atoms with Crippen molar-refractivity contribution in [3.8, 4) is 0 Å². The maximum absolute atomic E-state index is 12.9. The monoisotopic (exact) mass is 296 g/mol. The molecule has 0 aliphatic carbocycles. The van der Waals surface area contributed by atoms with Crippen molar-refractivity contribution >= 4 is 18.0 Å². The van der Waals surface area contributed by atoms with E-state index in [1.165, 1.54) is 23.9 Å². The molecule has 0 aliphatic heterocycles. The molecule has 2 rings (SSSR count). The molecular weight excluding hydrogens is 285 g/mol. The van der Waals surface area contributed by atoms with E-state index in [9.17, 15) is 18.0 Å². The third-order valence-electron chi connectivity index (χ3n) is 2.78. The maximum atomic E-state index is 12.9. The van der Waals surface area contributed by atoms with Gasteiger partial charge in [-0.25, -0.2) is 0 Å². The van der Waals surface area contributed by atoms with Gasteiger partial charge < -0.3 is 0 Å². The average molecular weight is 296 g/mol. The second-order valence-electron chi connectivity index (χ2n) is 4.23. The Labute approximate surface area is 118 Å². The highest BCUT2D eigenvalue weighted by atomic mass is 32.2. The molecule has 0 heterocycles. The largest absolute Gasteiger partial charge is 0.417 e. The number of hydrogen-bond acceptors (Lipinski definition) is 2. The molecule has 0 amide bonds. The normalized spacial score (nSPS) is 11.4. The van der Waals surface area contributed by atoms with Crippen LogP contribution in [0.5, 0.6) is 0 Å². The lowest BCUT2D eigenvalue weighted by Gasteiger charge is -2.12. The summed E-state index contributed by atoms with van der Waals surface area (Å²) in [6.07, 6.45) is -4.30. The predicted molar refractivity (Wildman–Crippen MR) is 72.1 cm³/mol. The molecule has 0 N–H and O–H groups in total. The van der Waals surface area contributed by atoms with Gasteiger partial charge in [-0.2, -0.15) is 13.2 Å². The zero-order chi connectivity index (χ0) is 14.8. The van der Waals surface area contributed by atoms with E-state index in [2.05, 4.69) is 0 Å². The van der Waals surface area contributed by atoms with Gasteiger partial charge in [0.2, 0.25) is 0 Å². The second kappa shape index (κ2) is 5.71. The van der Waals surface area contributed by atoms with Crippen molar-refractivity contribution < 1.29 is 18.0 Å². The maximum Gasteiger partial charge on any atom is 0.417 e. The number of alkyl halides is 3. The second-order valence-corrected chi connectivity index (χ2v) is 5.35. The lowest BCUT2D eigenvalue weighted by atomic mass is 10.1. The van der Waals surface area contributed by atoms with Gasteiger partial charge in [0.05, 0.1) is 5.56 Å². The number of aldehydes is 1. The molecule has 0 aromatic heterocycles. The first kappa shape index (κ1) is 14.7. The van der Waals surface area contributed by atoms with Crippen molar-refractivity contribution in [2.75, 3.05) is 0 Å². The van der Waals surface area contributed by atoms with E-state index in [1.54, 1.807) is 0 Å². The topological polar surface area (TPSA) is 17.1 Å². The third-order valence-corrected chi connectivity index (χ3v) is 3.95. The molecule has 0 spiro atoms. The highest BCUT2D eigenvalue weighted by Crippen LogP contribution is 2.36. The van der Waals surface area contributed by atoms with Crippen LogP contribution in [0, 0.1) is 6.92 Å². The van der Waals surface area contributed by atoms with Crippen molar-refractivity contribution in [1.82, 2.24) is 0 Å². The summed E-state index contributed by atoms with van der Waals surface area (Å²) >= 11 is 1.25.